The molecule has 7 nitrogen and oxygen atoms in total. The molecule has 7 heteroatoms. The molecule has 1 unspecified atom stereocenters. The fraction of sp³-hybridized carbons (Fsp3) is 0.217. The molecule has 0 fully saturated rings. The summed E-state index contributed by atoms with van der Waals surface area (Å²) in [6.07, 6.45) is 1.77. The summed E-state index contributed by atoms with van der Waals surface area (Å²) < 4.78 is 15.8. The summed E-state index contributed by atoms with van der Waals surface area (Å²) in [7, 11) is 1.60. The first kappa shape index (κ1) is 21.0. The van der Waals surface area contributed by atoms with E-state index in [0.29, 0.717) is 25.3 Å². The molecule has 1 heterocycles. The van der Waals surface area contributed by atoms with Gasteiger partial charge in [-0.05, 0) is 42.0 Å². The minimum atomic E-state index is -0.744. The van der Waals surface area contributed by atoms with Gasteiger partial charge in [-0.3, -0.25) is 9.59 Å². The Morgan fingerprint density at radius 2 is 1.70 bits per heavy atom. The van der Waals surface area contributed by atoms with Crippen LogP contribution in [0.25, 0.3) is 0 Å². The van der Waals surface area contributed by atoms with Crippen molar-refractivity contribution in [1.29, 1.82) is 0 Å². The van der Waals surface area contributed by atoms with E-state index < -0.39 is 11.9 Å². The molecule has 2 N–H and O–H groups in total. The Morgan fingerprint density at radius 3 is 2.37 bits per heavy atom. The number of amides is 2. The number of carbonyl (C=O) groups excluding carboxylic acids is 2. The van der Waals surface area contributed by atoms with Crippen molar-refractivity contribution in [3.63, 3.8) is 0 Å². The van der Waals surface area contributed by atoms with Crippen LogP contribution >= 0.6 is 0 Å². The molecule has 3 aromatic rings. The predicted octanol–water partition coefficient (Wildman–Crippen LogP) is 2.82. The van der Waals surface area contributed by atoms with Crippen LogP contribution in [0, 0.1) is 0 Å². The molecule has 30 heavy (non-hydrogen) atoms. The molecular formula is C23H24N2O5. The van der Waals surface area contributed by atoms with Gasteiger partial charge < -0.3 is 24.5 Å². The fourth-order valence-corrected chi connectivity index (χ4v) is 2.83. The van der Waals surface area contributed by atoms with Gasteiger partial charge in [0, 0.05) is 6.42 Å². The number of carbonyl (C=O) groups is 2. The molecule has 0 saturated carbocycles. The summed E-state index contributed by atoms with van der Waals surface area (Å²) in [6.45, 7) is 0.592. The molecule has 156 valence electrons. The van der Waals surface area contributed by atoms with Gasteiger partial charge in [0.25, 0.3) is 5.91 Å². The van der Waals surface area contributed by atoms with Crippen LogP contribution in [0.4, 0.5) is 0 Å². The van der Waals surface area contributed by atoms with E-state index in [0.717, 1.165) is 11.3 Å². The van der Waals surface area contributed by atoms with Gasteiger partial charge in [0.1, 0.15) is 24.1 Å². The van der Waals surface area contributed by atoms with Crippen LogP contribution < -0.4 is 20.1 Å². The highest BCUT2D eigenvalue weighted by atomic mass is 16.5. The van der Waals surface area contributed by atoms with Crippen LogP contribution in [0.1, 0.15) is 16.1 Å². The van der Waals surface area contributed by atoms with Crippen LogP contribution in [-0.4, -0.2) is 38.1 Å². The molecular weight excluding hydrogens is 384 g/mol. The second-order valence-corrected chi connectivity index (χ2v) is 6.51. The van der Waals surface area contributed by atoms with Gasteiger partial charge in [0.15, 0.2) is 5.76 Å². The first-order valence-electron chi connectivity index (χ1n) is 9.58. The third kappa shape index (κ3) is 6.13. The SMILES string of the molecule is COc1ccc(OCCNC(=O)C(Cc2ccccc2)NC(=O)c2ccco2)cc1. The summed E-state index contributed by atoms with van der Waals surface area (Å²) in [6, 6.07) is 19.1. The zero-order valence-corrected chi connectivity index (χ0v) is 16.7. The van der Waals surface area contributed by atoms with Crippen molar-refractivity contribution >= 4 is 11.8 Å². The number of methoxy groups -OCH3 is 1. The lowest BCUT2D eigenvalue weighted by Crippen LogP contribution is -2.48. The quantitative estimate of drug-likeness (QED) is 0.504. The van der Waals surface area contributed by atoms with Crippen molar-refractivity contribution in [2.75, 3.05) is 20.3 Å². The van der Waals surface area contributed by atoms with Gasteiger partial charge in [-0.2, -0.15) is 0 Å². The van der Waals surface area contributed by atoms with E-state index in [2.05, 4.69) is 10.6 Å². The van der Waals surface area contributed by atoms with E-state index in [1.165, 1.54) is 6.26 Å². The summed E-state index contributed by atoms with van der Waals surface area (Å²) >= 11 is 0. The molecule has 3 rings (SSSR count). The second kappa shape index (κ2) is 10.7. The van der Waals surface area contributed by atoms with E-state index in [-0.39, 0.29) is 11.7 Å². The first-order chi connectivity index (χ1) is 14.7. The van der Waals surface area contributed by atoms with Gasteiger partial charge >= 0.3 is 0 Å². The second-order valence-electron chi connectivity index (χ2n) is 6.51. The predicted molar refractivity (Wildman–Crippen MR) is 112 cm³/mol. The van der Waals surface area contributed by atoms with E-state index in [1.807, 2.05) is 30.3 Å². The summed E-state index contributed by atoms with van der Waals surface area (Å²) in [5, 5.41) is 5.55. The first-order valence-corrected chi connectivity index (χ1v) is 9.58. The monoisotopic (exact) mass is 408 g/mol. The number of hydrogen-bond acceptors (Lipinski definition) is 5. The maximum atomic E-state index is 12.7. The number of ether oxygens (including phenoxy) is 2. The van der Waals surface area contributed by atoms with Gasteiger partial charge in [0.05, 0.1) is 19.9 Å². The van der Waals surface area contributed by atoms with E-state index in [1.54, 1.807) is 43.5 Å². The van der Waals surface area contributed by atoms with Crippen LogP contribution in [0.2, 0.25) is 0 Å². The average Bonchev–Trinajstić information content (AvgIpc) is 3.32. The molecule has 0 spiro atoms. The lowest BCUT2D eigenvalue weighted by atomic mass is 10.1. The molecule has 0 saturated heterocycles. The van der Waals surface area contributed by atoms with Crippen molar-refractivity contribution in [3.8, 4) is 11.5 Å². The number of furan rings is 1. The van der Waals surface area contributed by atoms with Crippen molar-refractivity contribution < 1.29 is 23.5 Å². The maximum Gasteiger partial charge on any atom is 0.287 e. The van der Waals surface area contributed by atoms with Crippen LogP contribution in [0.15, 0.2) is 77.4 Å². The average molecular weight is 408 g/mol. The standard InChI is InChI=1S/C23H24N2O5/c1-28-18-9-11-19(12-10-18)29-15-13-24-22(26)20(16-17-6-3-2-4-7-17)25-23(27)21-8-5-14-30-21/h2-12,14,20H,13,15-16H2,1H3,(H,24,26)(H,25,27). The van der Waals surface area contributed by atoms with Crippen LogP contribution in [-0.2, 0) is 11.2 Å². The molecule has 0 aliphatic rings. The van der Waals surface area contributed by atoms with Crippen molar-refractivity contribution in [2.45, 2.75) is 12.5 Å². The molecule has 1 aromatic heterocycles. The van der Waals surface area contributed by atoms with E-state index >= 15 is 0 Å². The van der Waals surface area contributed by atoms with Gasteiger partial charge in [0.2, 0.25) is 5.91 Å². The number of benzene rings is 2. The third-order valence-corrected chi connectivity index (χ3v) is 4.38. The molecule has 0 aliphatic heterocycles. The summed E-state index contributed by atoms with van der Waals surface area (Å²) in [5.74, 6) is 0.843. The fourth-order valence-electron chi connectivity index (χ4n) is 2.83. The van der Waals surface area contributed by atoms with Gasteiger partial charge in [-0.25, -0.2) is 0 Å². The lowest BCUT2D eigenvalue weighted by molar-refractivity contribution is -0.123. The largest absolute Gasteiger partial charge is 0.497 e. The highest BCUT2D eigenvalue weighted by Gasteiger charge is 2.22. The Hall–Kier alpha value is -3.74. The Morgan fingerprint density at radius 1 is 0.967 bits per heavy atom. The van der Waals surface area contributed by atoms with Crippen molar-refractivity contribution in [3.05, 3.63) is 84.3 Å². The maximum absolute atomic E-state index is 12.7. The molecule has 2 aromatic carbocycles. The normalized spacial score (nSPS) is 11.4. The number of nitrogens with one attached hydrogen (secondary N) is 2. The number of rotatable bonds is 10. The van der Waals surface area contributed by atoms with Gasteiger partial charge in [-0.15, -0.1) is 0 Å². The van der Waals surface area contributed by atoms with E-state index in [4.69, 9.17) is 13.9 Å². The van der Waals surface area contributed by atoms with Crippen LogP contribution in [0.3, 0.4) is 0 Å². The van der Waals surface area contributed by atoms with Crippen molar-refractivity contribution in [2.24, 2.45) is 0 Å². The highest BCUT2D eigenvalue weighted by molar-refractivity contribution is 5.95. The topological polar surface area (TPSA) is 89.8 Å². The Kier molecular flexibility index (Phi) is 7.49. The molecule has 2 amide bonds. The molecule has 0 radical (unpaired) electrons. The third-order valence-electron chi connectivity index (χ3n) is 4.38. The zero-order valence-electron chi connectivity index (χ0n) is 16.7. The van der Waals surface area contributed by atoms with Crippen LogP contribution in [0.5, 0.6) is 11.5 Å². The Bertz CT molecular complexity index is 924. The highest BCUT2D eigenvalue weighted by Crippen LogP contribution is 2.16. The van der Waals surface area contributed by atoms with Gasteiger partial charge in [-0.1, -0.05) is 30.3 Å². The zero-order chi connectivity index (χ0) is 21.2. The van der Waals surface area contributed by atoms with Crippen molar-refractivity contribution in [1.82, 2.24) is 10.6 Å². The molecule has 0 aliphatic carbocycles. The number of hydrogen-bond donors (Lipinski definition) is 2. The van der Waals surface area contributed by atoms with E-state index in [9.17, 15) is 9.59 Å². The Balaban J connectivity index is 1.54. The summed E-state index contributed by atoms with van der Waals surface area (Å²) in [4.78, 5) is 25.1. The Labute approximate surface area is 175 Å². The minimum absolute atomic E-state index is 0.156. The smallest absolute Gasteiger partial charge is 0.287 e. The molecule has 1 atom stereocenters. The lowest BCUT2D eigenvalue weighted by Gasteiger charge is -2.18. The minimum Gasteiger partial charge on any atom is -0.497 e. The summed E-state index contributed by atoms with van der Waals surface area (Å²) in [5.41, 5.74) is 0.937. The molecule has 0 bridgehead atoms.